The number of rotatable bonds is 3. The summed E-state index contributed by atoms with van der Waals surface area (Å²) in [6.45, 7) is 7.80. The highest BCUT2D eigenvalue weighted by molar-refractivity contribution is 5.99. The lowest BCUT2D eigenvalue weighted by molar-refractivity contribution is 0.157. The fourth-order valence-electron chi connectivity index (χ4n) is 3.65. The topological polar surface area (TPSA) is 89.1 Å². The van der Waals surface area contributed by atoms with Gasteiger partial charge in [-0.15, -0.1) is 0 Å². The predicted molar refractivity (Wildman–Crippen MR) is 117 cm³/mol. The van der Waals surface area contributed by atoms with Crippen molar-refractivity contribution >= 4 is 28.0 Å². The van der Waals surface area contributed by atoms with E-state index in [-0.39, 0.29) is 39.2 Å². The van der Waals surface area contributed by atoms with Crippen LogP contribution in [0.25, 0.3) is 28.0 Å². The third kappa shape index (κ3) is 3.09. The molecule has 6 heteroatoms. The Balaban J connectivity index is 2.18. The van der Waals surface area contributed by atoms with Crippen LogP contribution in [0.5, 0.6) is 23.0 Å². The molecule has 0 spiro atoms. The molecule has 3 aromatic rings. The summed E-state index contributed by atoms with van der Waals surface area (Å²) in [7, 11) is 1.40. The van der Waals surface area contributed by atoms with Gasteiger partial charge in [0.1, 0.15) is 33.7 Å². The molecular weight excluding hydrogens is 384 g/mol. The molecule has 0 radical (unpaired) electrons. The minimum atomic E-state index is -0.574. The average molecular weight is 408 g/mol. The molecule has 0 amide bonds. The Hall–Kier alpha value is -3.41. The Morgan fingerprint density at radius 2 is 1.97 bits per heavy atom. The molecule has 1 aliphatic rings. The molecule has 30 heavy (non-hydrogen) atoms. The van der Waals surface area contributed by atoms with Gasteiger partial charge in [-0.25, -0.2) is 0 Å². The van der Waals surface area contributed by atoms with E-state index in [1.165, 1.54) is 19.2 Å². The van der Waals surface area contributed by atoms with Crippen LogP contribution in [-0.2, 0) is 6.42 Å². The number of phenolic OH excluding ortho intramolecular Hbond substituents is 2. The highest BCUT2D eigenvalue weighted by Gasteiger charge is 2.30. The Bertz CT molecular complexity index is 1300. The molecule has 1 aromatic heterocycles. The van der Waals surface area contributed by atoms with Gasteiger partial charge in [-0.05, 0) is 52.3 Å². The smallest absolute Gasteiger partial charge is 0.204 e. The van der Waals surface area contributed by atoms with Crippen molar-refractivity contribution in [2.45, 2.75) is 39.7 Å². The Morgan fingerprint density at radius 3 is 2.63 bits per heavy atom. The van der Waals surface area contributed by atoms with E-state index < -0.39 is 11.0 Å². The molecule has 2 heterocycles. The van der Waals surface area contributed by atoms with Gasteiger partial charge in [0.25, 0.3) is 0 Å². The maximum Gasteiger partial charge on any atom is 0.204 e. The van der Waals surface area contributed by atoms with Crippen LogP contribution in [-0.4, -0.2) is 22.9 Å². The molecular formula is C24H24O6. The lowest BCUT2D eigenvalue weighted by Gasteiger charge is -2.30. The molecule has 4 rings (SSSR count). The fourth-order valence-corrected chi connectivity index (χ4v) is 3.65. The van der Waals surface area contributed by atoms with Crippen LogP contribution < -0.4 is 14.9 Å². The molecule has 156 valence electrons. The fraction of sp³-hybridized carbons (Fsp3) is 0.292. The number of phenols is 2. The number of fused-ring (bicyclic) bond motifs is 3. The first kappa shape index (κ1) is 19.9. The number of ether oxygens (including phenoxy) is 2. The lowest BCUT2D eigenvalue weighted by Crippen LogP contribution is -2.28. The summed E-state index contributed by atoms with van der Waals surface area (Å²) in [5.41, 5.74) is 1.70. The number of methoxy groups -OCH3 is 1. The van der Waals surface area contributed by atoms with Crippen molar-refractivity contribution in [1.29, 1.82) is 0 Å². The Labute approximate surface area is 173 Å². The quantitative estimate of drug-likeness (QED) is 0.465. The first-order chi connectivity index (χ1) is 14.1. The molecule has 0 unspecified atom stereocenters. The van der Waals surface area contributed by atoms with E-state index in [1.54, 1.807) is 6.08 Å². The van der Waals surface area contributed by atoms with Crippen LogP contribution in [0, 0.1) is 0 Å². The third-order valence-electron chi connectivity index (χ3n) is 5.21. The molecule has 1 aliphatic heterocycles. The van der Waals surface area contributed by atoms with Gasteiger partial charge in [0.2, 0.25) is 5.43 Å². The van der Waals surface area contributed by atoms with Crippen molar-refractivity contribution in [2.75, 3.05) is 7.11 Å². The van der Waals surface area contributed by atoms with Gasteiger partial charge in [0.15, 0.2) is 11.5 Å². The van der Waals surface area contributed by atoms with Crippen LogP contribution >= 0.6 is 0 Å². The molecule has 0 aliphatic carbocycles. The first-order valence-corrected chi connectivity index (χ1v) is 9.70. The number of hydrogen-bond donors (Lipinski definition) is 2. The van der Waals surface area contributed by atoms with Crippen molar-refractivity contribution in [3.8, 4) is 23.0 Å². The highest BCUT2D eigenvalue weighted by atomic mass is 16.5. The minimum Gasteiger partial charge on any atom is -0.506 e. The zero-order valence-electron chi connectivity index (χ0n) is 17.6. The van der Waals surface area contributed by atoms with Gasteiger partial charge < -0.3 is 24.1 Å². The van der Waals surface area contributed by atoms with Gasteiger partial charge in [0, 0.05) is 11.6 Å². The molecule has 0 saturated heterocycles. The molecule has 0 bridgehead atoms. The van der Waals surface area contributed by atoms with Gasteiger partial charge in [-0.1, -0.05) is 11.6 Å². The summed E-state index contributed by atoms with van der Waals surface area (Å²) in [5, 5.41) is 21.4. The van der Waals surface area contributed by atoms with Gasteiger partial charge in [-0.2, -0.15) is 0 Å². The van der Waals surface area contributed by atoms with E-state index in [0.717, 1.165) is 5.57 Å². The molecule has 6 nitrogen and oxygen atoms in total. The zero-order valence-corrected chi connectivity index (χ0v) is 17.6. The molecule has 0 atom stereocenters. The van der Waals surface area contributed by atoms with E-state index in [2.05, 4.69) is 0 Å². The zero-order chi connectivity index (χ0) is 21.8. The first-order valence-electron chi connectivity index (χ1n) is 9.70. The molecule has 0 saturated carbocycles. The van der Waals surface area contributed by atoms with Crippen molar-refractivity contribution < 1.29 is 24.1 Å². The van der Waals surface area contributed by atoms with Crippen molar-refractivity contribution in [3.05, 3.63) is 51.2 Å². The third-order valence-corrected chi connectivity index (χ3v) is 5.21. The van der Waals surface area contributed by atoms with Crippen LogP contribution in [0.15, 0.2) is 39.1 Å². The number of hydrogen-bond acceptors (Lipinski definition) is 6. The van der Waals surface area contributed by atoms with E-state index in [4.69, 9.17) is 13.9 Å². The van der Waals surface area contributed by atoms with E-state index in [9.17, 15) is 15.0 Å². The number of benzene rings is 2. The number of allylic oxidation sites excluding steroid dienone is 2. The number of aromatic hydroxyl groups is 2. The van der Waals surface area contributed by atoms with E-state index in [1.807, 2.05) is 39.8 Å². The van der Waals surface area contributed by atoms with Crippen molar-refractivity contribution in [1.82, 2.24) is 0 Å². The lowest BCUT2D eigenvalue weighted by atomic mass is 9.94. The van der Waals surface area contributed by atoms with Crippen LogP contribution in [0.1, 0.15) is 38.8 Å². The second kappa shape index (κ2) is 6.83. The second-order valence-corrected chi connectivity index (χ2v) is 8.25. The summed E-state index contributed by atoms with van der Waals surface area (Å²) >= 11 is 0. The maximum atomic E-state index is 13.4. The van der Waals surface area contributed by atoms with E-state index >= 15 is 0 Å². The van der Waals surface area contributed by atoms with Crippen molar-refractivity contribution in [2.24, 2.45) is 0 Å². The highest BCUT2D eigenvalue weighted by Crippen LogP contribution is 2.45. The standard InChI is InChI=1S/C24H24O6/c1-12(2)6-7-14-22-13(8-9-24(3,4)30-22)20(26)19-21(27)15-10-18(28-5)16(25)11-17(15)29-23(14)19/h6,8-11,25-26H,7H2,1-5H3. The monoisotopic (exact) mass is 408 g/mol. The summed E-state index contributed by atoms with van der Waals surface area (Å²) in [6.07, 6.45) is 6.09. The summed E-state index contributed by atoms with van der Waals surface area (Å²) in [5.74, 6) is 0.322. The molecule has 2 N–H and O–H groups in total. The SMILES string of the molecule is COc1cc2c(=O)c3c(O)c4c(c(CC=C(C)C)c3oc2cc1O)OC(C)(C)C=C4. The van der Waals surface area contributed by atoms with Crippen LogP contribution in [0.4, 0.5) is 0 Å². The van der Waals surface area contributed by atoms with Gasteiger partial charge in [0.05, 0.1) is 18.1 Å². The van der Waals surface area contributed by atoms with Gasteiger partial charge in [-0.3, -0.25) is 4.79 Å². The normalized spacial score (nSPS) is 14.4. The summed E-state index contributed by atoms with van der Waals surface area (Å²) in [4.78, 5) is 13.4. The minimum absolute atomic E-state index is 0.0825. The van der Waals surface area contributed by atoms with Crippen LogP contribution in [0.3, 0.4) is 0 Å². The molecule has 0 fully saturated rings. The predicted octanol–water partition coefficient (Wildman–Crippen LogP) is 5.06. The average Bonchev–Trinajstić information content (AvgIpc) is 2.66. The van der Waals surface area contributed by atoms with Crippen molar-refractivity contribution in [3.63, 3.8) is 0 Å². The summed E-state index contributed by atoms with van der Waals surface area (Å²) < 4.78 is 17.4. The largest absolute Gasteiger partial charge is 0.506 e. The van der Waals surface area contributed by atoms with Crippen LogP contribution in [0.2, 0.25) is 0 Å². The maximum absolute atomic E-state index is 13.4. The van der Waals surface area contributed by atoms with Gasteiger partial charge >= 0.3 is 0 Å². The Morgan fingerprint density at radius 1 is 1.23 bits per heavy atom. The molecule has 2 aromatic carbocycles. The Kier molecular flexibility index (Phi) is 4.53. The van der Waals surface area contributed by atoms with E-state index in [0.29, 0.717) is 23.3 Å². The summed E-state index contributed by atoms with van der Waals surface area (Å²) in [6, 6.07) is 2.76. The second-order valence-electron chi connectivity index (χ2n) is 8.25.